The van der Waals surface area contributed by atoms with E-state index in [-0.39, 0.29) is 12.0 Å². The zero-order valence-electron chi connectivity index (χ0n) is 18.9. The van der Waals surface area contributed by atoms with Gasteiger partial charge in [-0.3, -0.25) is 14.6 Å². The normalized spacial score (nSPS) is 21.7. The van der Waals surface area contributed by atoms with Gasteiger partial charge in [0.25, 0.3) is 5.91 Å². The van der Waals surface area contributed by atoms with Crippen molar-refractivity contribution in [1.82, 2.24) is 14.7 Å². The number of methoxy groups -OCH3 is 1. The smallest absolute Gasteiger partial charge is 0.254 e. The van der Waals surface area contributed by atoms with Gasteiger partial charge in [-0.05, 0) is 19.1 Å². The Morgan fingerprint density at radius 3 is 2.55 bits per heavy atom. The summed E-state index contributed by atoms with van der Waals surface area (Å²) in [6.07, 6.45) is -0.494. The molecule has 8 nitrogen and oxygen atoms in total. The standard InChI is InChI=1S/C23H37N3O5/c1-19-3-5-20(6-4-19)23(28)26(10-11-29-2)18-22-17-25(9-14-31-22)16-21(27)15-24-7-12-30-13-8-24/h3-6,21-22,27H,7-18H2,1-2H3/t21-,22-/m0/s1. The number of rotatable bonds is 10. The van der Waals surface area contributed by atoms with E-state index in [0.717, 1.165) is 38.4 Å². The molecule has 3 rings (SSSR count). The monoisotopic (exact) mass is 435 g/mol. The van der Waals surface area contributed by atoms with Crippen molar-refractivity contribution in [2.75, 3.05) is 85.9 Å². The Hall–Kier alpha value is -1.55. The molecule has 1 amide bonds. The second kappa shape index (κ2) is 12.5. The Morgan fingerprint density at radius 1 is 1.16 bits per heavy atom. The van der Waals surface area contributed by atoms with Crippen molar-refractivity contribution in [2.45, 2.75) is 19.1 Å². The van der Waals surface area contributed by atoms with Gasteiger partial charge in [0, 0.05) is 65.0 Å². The number of carbonyl (C=O) groups is 1. The highest BCUT2D eigenvalue weighted by Crippen LogP contribution is 2.12. The van der Waals surface area contributed by atoms with Crippen LogP contribution in [0.3, 0.4) is 0 Å². The molecule has 2 aliphatic rings. The van der Waals surface area contributed by atoms with Crippen LogP contribution in [0.5, 0.6) is 0 Å². The van der Waals surface area contributed by atoms with Crippen LogP contribution in [0, 0.1) is 6.92 Å². The van der Waals surface area contributed by atoms with Crippen LogP contribution in [0.25, 0.3) is 0 Å². The quantitative estimate of drug-likeness (QED) is 0.573. The van der Waals surface area contributed by atoms with E-state index < -0.39 is 6.10 Å². The largest absolute Gasteiger partial charge is 0.390 e. The first-order valence-corrected chi connectivity index (χ1v) is 11.2. The van der Waals surface area contributed by atoms with E-state index in [0.29, 0.717) is 51.5 Å². The number of hydrogen-bond donors (Lipinski definition) is 1. The molecule has 2 aliphatic heterocycles. The molecule has 2 fully saturated rings. The minimum Gasteiger partial charge on any atom is -0.390 e. The number of hydrogen-bond acceptors (Lipinski definition) is 7. The third kappa shape index (κ3) is 7.82. The van der Waals surface area contributed by atoms with E-state index in [1.807, 2.05) is 36.1 Å². The summed E-state index contributed by atoms with van der Waals surface area (Å²) in [7, 11) is 1.64. The van der Waals surface area contributed by atoms with Gasteiger partial charge in [0.2, 0.25) is 0 Å². The summed E-state index contributed by atoms with van der Waals surface area (Å²) in [5.41, 5.74) is 1.80. The molecule has 1 N–H and O–H groups in total. The molecule has 0 unspecified atom stereocenters. The number of nitrogens with zero attached hydrogens (tertiary/aromatic N) is 3. The lowest BCUT2D eigenvalue weighted by Crippen LogP contribution is -2.52. The Balaban J connectivity index is 1.52. The van der Waals surface area contributed by atoms with Crippen molar-refractivity contribution in [3.8, 4) is 0 Å². The number of aliphatic hydroxyl groups excluding tert-OH is 1. The number of benzene rings is 1. The highest BCUT2D eigenvalue weighted by molar-refractivity contribution is 5.94. The number of ether oxygens (including phenoxy) is 3. The minimum absolute atomic E-state index is 0.00914. The molecular formula is C23H37N3O5. The molecule has 0 aromatic heterocycles. The molecule has 2 heterocycles. The number of aryl methyl sites for hydroxylation is 1. The van der Waals surface area contributed by atoms with Gasteiger partial charge in [-0.1, -0.05) is 17.7 Å². The van der Waals surface area contributed by atoms with Gasteiger partial charge < -0.3 is 24.2 Å². The van der Waals surface area contributed by atoms with E-state index in [9.17, 15) is 9.90 Å². The second-order valence-electron chi connectivity index (χ2n) is 8.43. The first-order chi connectivity index (χ1) is 15.0. The molecule has 0 radical (unpaired) electrons. The van der Waals surface area contributed by atoms with Gasteiger partial charge in [0.05, 0.1) is 38.6 Å². The fourth-order valence-corrected chi connectivity index (χ4v) is 4.10. The third-order valence-corrected chi connectivity index (χ3v) is 5.84. The fourth-order valence-electron chi connectivity index (χ4n) is 4.10. The van der Waals surface area contributed by atoms with Crippen LogP contribution in [0.4, 0.5) is 0 Å². The molecule has 2 saturated heterocycles. The van der Waals surface area contributed by atoms with Crippen LogP contribution in [-0.2, 0) is 14.2 Å². The maximum absolute atomic E-state index is 13.1. The summed E-state index contributed by atoms with van der Waals surface area (Å²) in [6.45, 7) is 10.1. The van der Waals surface area contributed by atoms with E-state index >= 15 is 0 Å². The van der Waals surface area contributed by atoms with Gasteiger partial charge in [0.1, 0.15) is 0 Å². The fraction of sp³-hybridized carbons (Fsp3) is 0.696. The lowest BCUT2D eigenvalue weighted by Gasteiger charge is -2.37. The van der Waals surface area contributed by atoms with Crippen molar-refractivity contribution in [1.29, 1.82) is 0 Å². The van der Waals surface area contributed by atoms with Crippen LogP contribution in [0.2, 0.25) is 0 Å². The zero-order chi connectivity index (χ0) is 22.1. The van der Waals surface area contributed by atoms with Crippen LogP contribution in [0.15, 0.2) is 24.3 Å². The Labute approximate surface area is 185 Å². The molecule has 0 saturated carbocycles. The predicted octanol–water partition coefficient (Wildman–Crippen LogP) is 0.478. The first-order valence-electron chi connectivity index (χ1n) is 11.2. The summed E-state index contributed by atoms with van der Waals surface area (Å²) < 4.78 is 16.6. The molecule has 31 heavy (non-hydrogen) atoms. The van der Waals surface area contributed by atoms with E-state index in [2.05, 4.69) is 9.80 Å². The van der Waals surface area contributed by atoms with Crippen molar-refractivity contribution in [2.24, 2.45) is 0 Å². The molecule has 0 spiro atoms. The number of aliphatic hydroxyl groups is 1. The maximum atomic E-state index is 13.1. The van der Waals surface area contributed by atoms with Crippen molar-refractivity contribution >= 4 is 5.91 Å². The zero-order valence-corrected chi connectivity index (χ0v) is 18.9. The number of morpholine rings is 2. The molecule has 1 aromatic carbocycles. The predicted molar refractivity (Wildman–Crippen MR) is 118 cm³/mol. The summed E-state index contributed by atoms with van der Waals surface area (Å²) in [5.74, 6) is -0.00914. The van der Waals surface area contributed by atoms with E-state index in [1.165, 1.54) is 0 Å². The molecular weight excluding hydrogens is 398 g/mol. The molecule has 2 atom stereocenters. The van der Waals surface area contributed by atoms with Gasteiger partial charge >= 0.3 is 0 Å². The summed E-state index contributed by atoms with van der Waals surface area (Å²) in [4.78, 5) is 19.4. The number of amides is 1. The molecule has 174 valence electrons. The van der Waals surface area contributed by atoms with Gasteiger partial charge in [-0.25, -0.2) is 0 Å². The highest BCUT2D eigenvalue weighted by Gasteiger charge is 2.27. The number of β-amino-alcohol motifs (C(OH)–C–C–N with tert-alkyl or cyclic N) is 1. The van der Waals surface area contributed by atoms with E-state index in [4.69, 9.17) is 14.2 Å². The average molecular weight is 436 g/mol. The SMILES string of the molecule is COCCN(C[C@@H]1CN(C[C@@H](O)CN2CCOCC2)CCO1)C(=O)c1ccc(C)cc1. The highest BCUT2D eigenvalue weighted by atomic mass is 16.5. The van der Waals surface area contributed by atoms with Gasteiger partial charge in [-0.2, -0.15) is 0 Å². The van der Waals surface area contributed by atoms with Crippen molar-refractivity contribution < 1.29 is 24.1 Å². The van der Waals surface area contributed by atoms with Crippen LogP contribution < -0.4 is 0 Å². The van der Waals surface area contributed by atoms with Crippen molar-refractivity contribution in [3.63, 3.8) is 0 Å². The average Bonchev–Trinajstić information content (AvgIpc) is 2.77. The summed E-state index contributed by atoms with van der Waals surface area (Å²) >= 11 is 0. The number of carbonyl (C=O) groups excluding carboxylic acids is 1. The molecule has 0 bridgehead atoms. The summed E-state index contributed by atoms with van der Waals surface area (Å²) in [6, 6.07) is 7.65. The van der Waals surface area contributed by atoms with Crippen LogP contribution in [-0.4, -0.2) is 124 Å². The van der Waals surface area contributed by atoms with Crippen molar-refractivity contribution in [3.05, 3.63) is 35.4 Å². The van der Waals surface area contributed by atoms with Crippen LogP contribution >= 0.6 is 0 Å². The molecule has 1 aromatic rings. The minimum atomic E-state index is -0.407. The van der Waals surface area contributed by atoms with Gasteiger partial charge in [0.15, 0.2) is 0 Å². The first kappa shape index (κ1) is 24.1. The molecule has 0 aliphatic carbocycles. The Bertz CT molecular complexity index is 666. The second-order valence-corrected chi connectivity index (χ2v) is 8.43. The Morgan fingerprint density at radius 2 is 1.84 bits per heavy atom. The lowest BCUT2D eigenvalue weighted by molar-refractivity contribution is -0.0564. The topological polar surface area (TPSA) is 74.7 Å². The summed E-state index contributed by atoms with van der Waals surface area (Å²) in [5, 5.41) is 10.6. The van der Waals surface area contributed by atoms with Gasteiger partial charge in [-0.15, -0.1) is 0 Å². The molecule has 8 heteroatoms. The Kier molecular flexibility index (Phi) is 9.70. The van der Waals surface area contributed by atoms with Crippen LogP contribution in [0.1, 0.15) is 15.9 Å². The third-order valence-electron chi connectivity index (χ3n) is 5.84. The lowest BCUT2D eigenvalue weighted by atomic mass is 10.1. The maximum Gasteiger partial charge on any atom is 0.254 e. The van der Waals surface area contributed by atoms with E-state index in [1.54, 1.807) is 7.11 Å².